The first-order valence-corrected chi connectivity index (χ1v) is 17.7. The Labute approximate surface area is 274 Å². The molecule has 45 heavy (non-hydrogen) atoms. The van der Waals surface area contributed by atoms with Gasteiger partial charge in [-0.25, -0.2) is 0 Å². The monoisotopic (exact) mass is 621 g/mol. The molecule has 5 unspecified atom stereocenters. The van der Waals surface area contributed by atoms with Crippen LogP contribution in [-0.4, -0.2) is 62.4 Å². The quantitative estimate of drug-likeness (QED) is 0.0810. The van der Waals surface area contributed by atoms with E-state index in [1.54, 1.807) is 0 Å². The molecule has 1 heterocycles. The minimum Gasteiger partial charge on any atom is -0.490 e. The molecule has 1 aliphatic heterocycles. The number of hydrogen-bond donors (Lipinski definition) is 1. The summed E-state index contributed by atoms with van der Waals surface area (Å²) in [6.07, 6.45) is 18.2. The second-order valence-electron chi connectivity index (χ2n) is 12.7. The lowest BCUT2D eigenvalue weighted by Crippen LogP contribution is -2.44. The van der Waals surface area contributed by atoms with Gasteiger partial charge in [-0.15, -0.1) is 0 Å². The van der Waals surface area contributed by atoms with Gasteiger partial charge in [0.25, 0.3) is 0 Å². The Morgan fingerprint density at radius 1 is 0.756 bits per heavy atom. The fourth-order valence-corrected chi connectivity index (χ4v) is 6.15. The van der Waals surface area contributed by atoms with Crippen molar-refractivity contribution in [2.75, 3.05) is 26.3 Å². The lowest BCUT2D eigenvalue weighted by atomic mass is 9.87. The molecule has 7 heteroatoms. The molecule has 0 amide bonds. The van der Waals surface area contributed by atoms with Crippen molar-refractivity contribution in [3.8, 4) is 11.5 Å². The van der Waals surface area contributed by atoms with Gasteiger partial charge in [0.2, 0.25) is 0 Å². The third-order valence-electron chi connectivity index (χ3n) is 9.09. The summed E-state index contributed by atoms with van der Waals surface area (Å²) < 4.78 is 23.8. The van der Waals surface area contributed by atoms with Crippen molar-refractivity contribution in [3.05, 3.63) is 72.8 Å². The third-order valence-corrected chi connectivity index (χ3v) is 9.09. The van der Waals surface area contributed by atoms with E-state index >= 15 is 0 Å². The number of ether oxygens (including phenoxy) is 2. The molecule has 2 aromatic carbocycles. The van der Waals surface area contributed by atoms with Crippen LogP contribution in [0.4, 0.5) is 0 Å². The number of hydrogen-bond acceptors (Lipinski definition) is 6. The van der Waals surface area contributed by atoms with Crippen molar-refractivity contribution in [1.82, 2.24) is 4.90 Å². The van der Waals surface area contributed by atoms with Crippen LogP contribution in [0.2, 0.25) is 0 Å². The molecule has 0 aliphatic carbocycles. The number of allylic oxidation sites excluding steroid dienone is 2. The standard InChI is InChI=1S/C38H60BNO5/c1-4-5-6-7-8-9-10-11-14-20-34(32(2)44-36-23-15-12-16-24-36)21-19-22-35(33(3)45-37-25-17-13-18-26-37)31-38(41)40-27-29-42-39-43-30-28-40/h11-18,23-26,32-35,38-39,41H,4-10,19-22,27-31H2,1-3H3/b14-11-. The van der Waals surface area contributed by atoms with E-state index in [1.165, 1.54) is 38.5 Å². The predicted molar refractivity (Wildman–Crippen MR) is 187 cm³/mol. The molecule has 1 saturated heterocycles. The van der Waals surface area contributed by atoms with Gasteiger partial charge >= 0.3 is 7.69 Å². The molecule has 6 nitrogen and oxygen atoms in total. The first kappa shape index (κ1) is 37.1. The first-order valence-electron chi connectivity index (χ1n) is 17.7. The van der Waals surface area contributed by atoms with E-state index in [9.17, 15) is 5.11 Å². The first-order chi connectivity index (χ1) is 22.1. The van der Waals surface area contributed by atoms with Crippen molar-refractivity contribution in [2.45, 2.75) is 116 Å². The molecule has 0 bridgehead atoms. The van der Waals surface area contributed by atoms with E-state index in [4.69, 9.17) is 18.8 Å². The van der Waals surface area contributed by atoms with Gasteiger partial charge in [-0.1, -0.05) is 94.0 Å². The topological polar surface area (TPSA) is 60.4 Å². The normalized spacial score (nSPS) is 17.9. The summed E-state index contributed by atoms with van der Waals surface area (Å²) in [6, 6.07) is 20.2. The molecule has 0 saturated carbocycles. The Hall–Kier alpha value is -2.32. The highest BCUT2D eigenvalue weighted by Gasteiger charge is 2.27. The van der Waals surface area contributed by atoms with Crippen LogP contribution in [0.3, 0.4) is 0 Å². The number of aliphatic hydroxyl groups excluding tert-OH is 1. The number of aliphatic hydroxyl groups is 1. The van der Waals surface area contributed by atoms with Crippen LogP contribution >= 0.6 is 0 Å². The summed E-state index contributed by atoms with van der Waals surface area (Å²) >= 11 is 0. The SMILES string of the molecule is CCCCCCCC/C=C\CC(CCCC(CC(O)N1CCOBOCC1)C(C)Oc1ccccc1)C(C)Oc1ccccc1. The molecule has 1 N–H and O–H groups in total. The fraction of sp³-hybridized carbons (Fsp3) is 0.632. The molecular weight excluding hydrogens is 561 g/mol. The van der Waals surface area contributed by atoms with E-state index in [1.807, 2.05) is 60.7 Å². The zero-order valence-electron chi connectivity index (χ0n) is 28.4. The van der Waals surface area contributed by atoms with Gasteiger partial charge in [0.05, 0.1) is 12.2 Å². The van der Waals surface area contributed by atoms with Crippen LogP contribution in [0.15, 0.2) is 72.8 Å². The second kappa shape index (κ2) is 23.1. The van der Waals surface area contributed by atoms with E-state index in [2.05, 4.69) is 37.8 Å². The molecule has 1 fully saturated rings. The van der Waals surface area contributed by atoms with Crippen LogP contribution in [-0.2, 0) is 9.31 Å². The van der Waals surface area contributed by atoms with Gasteiger partial charge in [-0.05, 0) is 88.5 Å². The summed E-state index contributed by atoms with van der Waals surface area (Å²) in [7, 11) is 0.330. The van der Waals surface area contributed by atoms with Crippen LogP contribution in [0.1, 0.15) is 97.8 Å². The molecule has 0 spiro atoms. The highest BCUT2D eigenvalue weighted by molar-refractivity contribution is 6.17. The number of para-hydroxylation sites is 2. The van der Waals surface area contributed by atoms with Crippen molar-refractivity contribution < 1.29 is 23.9 Å². The van der Waals surface area contributed by atoms with Gasteiger partial charge in [-0.2, -0.15) is 0 Å². The maximum absolute atomic E-state index is 11.3. The number of nitrogens with zero attached hydrogens (tertiary/aromatic N) is 1. The number of unbranched alkanes of at least 4 members (excludes halogenated alkanes) is 6. The van der Waals surface area contributed by atoms with Gasteiger partial charge in [0.15, 0.2) is 0 Å². The van der Waals surface area contributed by atoms with E-state index in [0.29, 0.717) is 46.3 Å². The third kappa shape index (κ3) is 15.7. The van der Waals surface area contributed by atoms with Crippen molar-refractivity contribution in [1.29, 1.82) is 0 Å². The van der Waals surface area contributed by atoms with E-state index in [0.717, 1.165) is 43.6 Å². The molecular formula is C38H60BNO5. The zero-order chi connectivity index (χ0) is 32.0. The molecule has 3 rings (SSSR count). The second-order valence-corrected chi connectivity index (χ2v) is 12.7. The van der Waals surface area contributed by atoms with Gasteiger partial charge in [0, 0.05) is 26.3 Å². The summed E-state index contributed by atoms with van der Waals surface area (Å²) in [5.74, 6) is 2.40. The van der Waals surface area contributed by atoms with Crippen LogP contribution < -0.4 is 9.47 Å². The van der Waals surface area contributed by atoms with Crippen molar-refractivity contribution in [2.24, 2.45) is 11.8 Å². The summed E-state index contributed by atoms with van der Waals surface area (Å²) in [5, 5.41) is 11.3. The lowest BCUT2D eigenvalue weighted by Gasteiger charge is -2.34. The Balaban J connectivity index is 1.60. The van der Waals surface area contributed by atoms with Crippen LogP contribution in [0, 0.1) is 11.8 Å². The molecule has 5 atom stereocenters. The highest BCUT2D eigenvalue weighted by atomic mass is 16.6. The molecule has 2 aromatic rings. The van der Waals surface area contributed by atoms with E-state index in [-0.39, 0.29) is 18.1 Å². The Morgan fingerprint density at radius 3 is 1.93 bits per heavy atom. The van der Waals surface area contributed by atoms with Crippen LogP contribution in [0.25, 0.3) is 0 Å². The minimum absolute atomic E-state index is 0.0297. The minimum atomic E-state index is -0.567. The van der Waals surface area contributed by atoms with Crippen molar-refractivity contribution >= 4 is 7.69 Å². The molecule has 250 valence electrons. The van der Waals surface area contributed by atoms with Crippen molar-refractivity contribution in [3.63, 3.8) is 0 Å². The summed E-state index contributed by atoms with van der Waals surface area (Å²) in [6.45, 7) is 9.16. The average Bonchev–Trinajstić information content (AvgIpc) is 3.03. The highest BCUT2D eigenvalue weighted by Crippen LogP contribution is 2.29. The van der Waals surface area contributed by atoms with Gasteiger partial charge in [-0.3, -0.25) is 4.90 Å². The van der Waals surface area contributed by atoms with E-state index < -0.39 is 6.23 Å². The molecule has 1 aliphatic rings. The number of rotatable bonds is 22. The van der Waals surface area contributed by atoms with Gasteiger partial charge < -0.3 is 23.9 Å². The maximum atomic E-state index is 11.3. The molecule has 0 radical (unpaired) electrons. The lowest BCUT2D eigenvalue weighted by molar-refractivity contribution is -0.0447. The Morgan fingerprint density at radius 2 is 1.31 bits per heavy atom. The Kier molecular flexibility index (Phi) is 19.0. The zero-order valence-corrected chi connectivity index (χ0v) is 28.4. The summed E-state index contributed by atoms with van der Waals surface area (Å²) in [4.78, 5) is 2.08. The Bertz CT molecular complexity index is 1000. The predicted octanol–water partition coefficient (Wildman–Crippen LogP) is 8.34. The maximum Gasteiger partial charge on any atom is 0.438 e. The number of benzene rings is 2. The molecule has 0 aromatic heterocycles. The van der Waals surface area contributed by atoms with Gasteiger partial charge in [0.1, 0.15) is 17.7 Å². The smallest absolute Gasteiger partial charge is 0.438 e. The van der Waals surface area contributed by atoms with Crippen LogP contribution in [0.5, 0.6) is 11.5 Å². The average molecular weight is 622 g/mol. The largest absolute Gasteiger partial charge is 0.490 e. The fourth-order valence-electron chi connectivity index (χ4n) is 6.15. The summed E-state index contributed by atoms with van der Waals surface area (Å²) in [5.41, 5.74) is 0.